The fourth-order valence-corrected chi connectivity index (χ4v) is 4.33. The van der Waals surface area contributed by atoms with Gasteiger partial charge in [0, 0.05) is 47.4 Å². The van der Waals surface area contributed by atoms with Gasteiger partial charge in [0.2, 0.25) is 5.91 Å². The van der Waals surface area contributed by atoms with Crippen molar-refractivity contribution < 1.29 is 9.32 Å². The smallest absolute Gasteiger partial charge is 0.227 e. The molecule has 6 heteroatoms. The molecule has 3 heterocycles. The normalized spacial score (nSPS) is 16.6. The highest BCUT2D eigenvalue weighted by Crippen LogP contribution is 2.27. The fourth-order valence-electron chi connectivity index (χ4n) is 4.12. The Kier molecular flexibility index (Phi) is 6.18. The average Bonchev–Trinajstić information content (AvgIpc) is 3.08. The number of aromatic nitrogens is 2. The third kappa shape index (κ3) is 4.57. The lowest BCUT2D eigenvalue weighted by molar-refractivity contribution is -0.131. The third-order valence-corrected chi connectivity index (χ3v) is 6.23. The highest BCUT2D eigenvalue weighted by molar-refractivity contribution is 6.31. The number of likely N-dealkylation sites (tertiary alicyclic amines) is 1. The summed E-state index contributed by atoms with van der Waals surface area (Å²) in [5, 5.41) is 4.72. The molecule has 1 aliphatic rings. The quantitative estimate of drug-likeness (QED) is 0.586. The van der Waals surface area contributed by atoms with E-state index in [0.717, 1.165) is 58.4 Å². The number of hydrogen-bond donors (Lipinski definition) is 0. The standard InChI is InChI=1S/C24H26ClN3O2/c1-16-21(17(2)30-27-16)14-24(29)28-12-6-8-19(15-28)23-11-5-9-20(26-23)13-18-7-3-4-10-22(18)25/h3-5,7,9-11,19H,6,8,12-15H2,1-2H3/t19-/m1/s1. The van der Waals surface area contributed by atoms with Crippen LogP contribution >= 0.6 is 11.6 Å². The summed E-state index contributed by atoms with van der Waals surface area (Å²) in [6.45, 7) is 5.23. The van der Waals surface area contributed by atoms with Crippen LogP contribution in [0.5, 0.6) is 0 Å². The second-order valence-electron chi connectivity index (χ2n) is 7.98. The molecule has 3 aromatic rings. The number of aryl methyl sites for hydroxylation is 2. The van der Waals surface area contributed by atoms with Gasteiger partial charge in [-0.15, -0.1) is 0 Å². The number of halogens is 1. The van der Waals surface area contributed by atoms with Crippen LogP contribution in [-0.4, -0.2) is 34.0 Å². The van der Waals surface area contributed by atoms with E-state index in [1.54, 1.807) is 0 Å². The number of nitrogens with zero attached hydrogens (tertiary/aromatic N) is 3. The van der Waals surface area contributed by atoms with Crippen LogP contribution in [0.4, 0.5) is 0 Å². The summed E-state index contributed by atoms with van der Waals surface area (Å²) in [6, 6.07) is 14.0. The first kappa shape index (κ1) is 20.6. The van der Waals surface area contributed by atoms with Gasteiger partial charge in [-0.2, -0.15) is 0 Å². The van der Waals surface area contributed by atoms with Crippen molar-refractivity contribution in [3.63, 3.8) is 0 Å². The Labute approximate surface area is 182 Å². The Morgan fingerprint density at radius 1 is 1.20 bits per heavy atom. The second kappa shape index (κ2) is 9.00. The molecule has 1 amide bonds. The lowest BCUT2D eigenvalue weighted by atomic mass is 9.93. The largest absolute Gasteiger partial charge is 0.361 e. The first-order valence-corrected chi connectivity index (χ1v) is 10.8. The van der Waals surface area contributed by atoms with Crippen LogP contribution in [0.1, 0.15) is 52.7 Å². The predicted molar refractivity (Wildman–Crippen MR) is 117 cm³/mol. The predicted octanol–water partition coefficient (Wildman–Crippen LogP) is 4.88. The summed E-state index contributed by atoms with van der Waals surface area (Å²) in [5.41, 5.74) is 4.82. The molecule has 5 nitrogen and oxygen atoms in total. The van der Waals surface area contributed by atoms with Crippen LogP contribution in [0.15, 0.2) is 47.0 Å². The van der Waals surface area contributed by atoms with Crippen molar-refractivity contribution in [2.75, 3.05) is 13.1 Å². The van der Waals surface area contributed by atoms with Crippen LogP contribution in [-0.2, 0) is 17.6 Å². The van der Waals surface area contributed by atoms with Gasteiger partial charge >= 0.3 is 0 Å². The number of piperidine rings is 1. The van der Waals surface area contributed by atoms with Crippen molar-refractivity contribution in [3.8, 4) is 0 Å². The van der Waals surface area contributed by atoms with Gasteiger partial charge in [-0.1, -0.05) is 41.0 Å². The van der Waals surface area contributed by atoms with E-state index in [-0.39, 0.29) is 11.8 Å². The van der Waals surface area contributed by atoms with E-state index in [1.807, 2.05) is 49.1 Å². The number of carbonyl (C=O) groups excluding carboxylic acids is 1. The lowest BCUT2D eigenvalue weighted by Crippen LogP contribution is -2.40. The molecule has 0 bridgehead atoms. The van der Waals surface area contributed by atoms with Gasteiger partial charge in [0.05, 0.1) is 12.1 Å². The molecule has 1 atom stereocenters. The summed E-state index contributed by atoms with van der Waals surface area (Å²) >= 11 is 6.31. The minimum Gasteiger partial charge on any atom is -0.361 e. The summed E-state index contributed by atoms with van der Waals surface area (Å²) in [4.78, 5) is 19.8. The number of amides is 1. The van der Waals surface area contributed by atoms with Crippen molar-refractivity contribution in [1.82, 2.24) is 15.0 Å². The highest BCUT2D eigenvalue weighted by atomic mass is 35.5. The summed E-state index contributed by atoms with van der Waals surface area (Å²) in [6.07, 6.45) is 3.06. The zero-order valence-corrected chi connectivity index (χ0v) is 18.2. The van der Waals surface area contributed by atoms with E-state index in [2.05, 4.69) is 17.3 Å². The van der Waals surface area contributed by atoms with Crippen LogP contribution in [0.2, 0.25) is 5.02 Å². The van der Waals surface area contributed by atoms with Crippen molar-refractivity contribution in [3.05, 3.63) is 81.5 Å². The third-order valence-electron chi connectivity index (χ3n) is 5.86. The molecule has 0 aliphatic carbocycles. The number of rotatable bonds is 5. The topological polar surface area (TPSA) is 59.2 Å². The number of pyridine rings is 1. The van der Waals surface area contributed by atoms with Gasteiger partial charge in [0.25, 0.3) is 0 Å². The monoisotopic (exact) mass is 423 g/mol. The summed E-state index contributed by atoms with van der Waals surface area (Å²) < 4.78 is 5.20. The zero-order valence-electron chi connectivity index (χ0n) is 17.4. The van der Waals surface area contributed by atoms with Crippen molar-refractivity contribution in [1.29, 1.82) is 0 Å². The average molecular weight is 424 g/mol. The van der Waals surface area contributed by atoms with Gasteiger partial charge in [-0.25, -0.2) is 0 Å². The molecule has 2 aromatic heterocycles. The Hall–Kier alpha value is -2.66. The maximum atomic E-state index is 12.9. The number of benzene rings is 1. The van der Waals surface area contributed by atoms with E-state index < -0.39 is 0 Å². The van der Waals surface area contributed by atoms with E-state index in [9.17, 15) is 4.79 Å². The first-order chi connectivity index (χ1) is 14.5. The molecule has 1 fully saturated rings. The molecule has 1 aromatic carbocycles. The SMILES string of the molecule is Cc1noc(C)c1CC(=O)N1CCC[C@@H](c2cccc(Cc3ccccc3Cl)n2)C1. The van der Waals surface area contributed by atoms with Crippen LogP contribution in [0.25, 0.3) is 0 Å². The van der Waals surface area contributed by atoms with Crippen LogP contribution in [0.3, 0.4) is 0 Å². The zero-order chi connectivity index (χ0) is 21.1. The van der Waals surface area contributed by atoms with E-state index in [4.69, 9.17) is 21.1 Å². The Bertz CT molecular complexity index is 1030. The van der Waals surface area contributed by atoms with Crippen LogP contribution in [0, 0.1) is 13.8 Å². The Morgan fingerprint density at radius 3 is 2.80 bits per heavy atom. The lowest BCUT2D eigenvalue weighted by Gasteiger charge is -2.32. The van der Waals surface area contributed by atoms with Gasteiger partial charge in [-0.05, 0) is 50.5 Å². The molecule has 0 saturated carbocycles. The highest BCUT2D eigenvalue weighted by Gasteiger charge is 2.27. The van der Waals surface area contributed by atoms with Crippen molar-refractivity contribution >= 4 is 17.5 Å². The molecule has 0 N–H and O–H groups in total. The molecule has 30 heavy (non-hydrogen) atoms. The second-order valence-corrected chi connectivity index (χ2v) is 8.39. The minimum atomic E-state index is 0.126. The maximum Gasteiger partial charge on any atom is 0.227 e. The van der Waals surface area contributed by atoms with E-state index >= 15 is 0 Å². The van der Waals surface area contributed by atoms with Gasteiger partial charge in [0.1, 0.15) is 5.76 Å². The molecular formula is C24H26ClN3O2. The fraction of sp³-hybridized carbons (Fsp3) is 0.375. The van der Waals surface area contributed by atoms with E-state index in [0.29, 0.717) is 19.4 Å². The van der Waals surface area contributed by atoms with Crippen molar-refractivity contribution in [2.45, 2.75) is 45.4 Å². The molecule has 4 rings (SSSR count). The molecule has 1 aliphatic heterocycles. The molecule has 156 valence electrons. The first-order valence-electron chi connectivity index (χ1n) is 10.4. The van der Waals surface area contributed by atoms with Gasteiger partial charge in [-0.3, -0.25) is 9.78 Å². The Balaban J connectivity index is 1.45. The van der Waals surface area contributed by atoms with E-state index in [1.165, 1.54) is 0 Å². The molecular weight excluding hydrogens is 398 g/mol. The Morgan fingerprint density at radius 2 is 2.03 bits per heavy atom. The minimum absolute atomic E-state index is 0.126. The molecule has 0 spiro atoms. The van der Waals surface area contributed by atoms with Gasteiger partial charge in [0.15, 0.2) is 0 Å². The molecule has 0 unspecified atom stereocenters. The number of carbonyl (C=O) groups is 1. The molecule has 1 saturated heterocycles. The maximum absolute atomic E-state index is 12.9. The van der Waals surface area contributed by atoms with Crippen molar-refractivity contribution in [2.24, 2.45) is 0 Å². The molecule has 0 radical (unpaired) electrons. The van der Waals surface area contributed by atoms with Crippen LogP contribution < -0.4 is 0 Å². The number of hydrogen-bond acceptors (Lipinski definition) is 4. The van der Waals surface area contributed by atoms with Gasteiger partial charge < -0.3 is 9.42 Å². The summed E-state index contributed by atoms with van der Waals surface area (Å²) in [7, 11) is 0. The summed E-state index contributed by atoms with van der Waals surface area (Å²) in [5.74, 6) is 1.10.